The highest BCUT2D eigenvalue weighted by molar-refractivity contribution is 7.89. The van der Waals surface area contributed by atoms with Crippen LogP contribution in [0.2, 0.25) is 0 Å². The van der Waals surface area contributed by atoms with Crippen LogP contribution in [0.5, 0.6) is 0 Å². The third-order valence-electron chi connectivity index (χ3n) is 1.71. The molecule has 17 heavy (non-hydrogen) atoms. The highest BCUT2D eigenvalue weighted by Crippen LogP contribution is 2.19. The second kappa shape index (κ2) is 6.92. The van der Waals surface area contributed by atoms with Crippen molar-refractivity contribution in [2.45, 2.75) is 4.90 Å². The van der Waals surface area contributed by atoms with Crippen LogP contribution in [0.1, 0.15) is 9.67 Å². The Hall–Kier alpha value is -0.670. The highest BCUT2D eigenvalue weighted by atomic mass is 35.5. The Morgan fingerprint density at radius 2 is 2.24 bits per heavy atom. The number of methoxy groups -OCH3 is 1. The van der Waals surface area contributed by atoms with Gasteiger partial charge >= 0.3 is 5.97 Å². The first-order valence-corrected chi connectivity index (χ1v) is 6.74. The number of halogens is 1. The van der Waals surface area contributed by atoms with E-state index in [1.54, 1.807) is 0 Å². The first-order chi connectivity index (χ1) is 7.51. The lowest BCUT2D eigenvalue weighted by Gasteiger charge is -2.01. The molecule has 0 aliphatic rings. The zero-order valence-corrected chi connectivity index (χ0v) is 11.5. The SMILES string of the molecule is COC(=O)c1cc(S(=O)(=O)NCCN)cs1.Cl. The van der Waals surface area contributed by atoms with Gasteiger partial charge in [-0.1, -0.05) is 0 Å². The number of ether oxygens (including phenoxy) is 1. The average Bonchev–Trinajstić information content (AvgIpc) is 2.75. The monoisotopic (exact) mass is 300 g/mol. The summed E-state index contributed by atoms with van der Waals surface area (Å²) in [7, 11) is -2.33. The highest BCUT2D eigenvalue weighted by Gasteiger charge is 2.18. The molecule has 0 fully saturated rings. The number of nitrogens with one attached hydrogen (secondary N) is 1. The standard InChI is InChI=1S/C8H12N2O4S2.ClH/c1-14-8(11)7-4-6(5-15-7)16(12,13)10-3-2-9;/h4-5,10H,2-3,9H2,1H3;1H. The Morgan fingerprint density at radius 1 is 1.59 bits per heavy atom. The van der Waals surface area contributed by atoms with E-state index in [2.05, 4.69) is 9.46 Å². The molecule has 0 aliphatic carbocycles. The van der Waals surface area contributed by atoms with Gasteiger partial charge in [0.25, 0.3) is 0 Å². The van der Waals surface area contributed by atoms with Gasteiger partial charge in [-0.25, -0.2) is 17.9 Å². The summed E-state index contributed by atoms with van der Waals surface area (Å²) in [5, 5.41) is 1.38. The van der Waals surface area contributed by atoms with E-state index < -0.39 is 16.0 Å². The van der Waals surface area contributed by atoms with Gasteiger partial charge in [-0.3, -0.25) is 0 Å². The summed E-state index contributed by atoms with van der Waals surface area (Å²) >= 11 is 1.02. The number of esters is 1. The summed E-state index contributed by atoms with van der Waals surface area (Å²) in [4.78, 5) is 11.4. The molecule has 0 amide bonds. The van der Waals surface area contributed by atoms with Gasteiger partial charge in [0.1, 0.15) is 4.88 Å². The second-order valence-corrected chi connectivity index (χ2v) is 5.50. The molecule has 0 saturated heterocycles. The van der Waals surface area contributed by atoms with E-state index in [4.69, 9.17) is 5.73 Å². The van der Waals surface area contributed by atoms with Crippen molar-refractivity contribution in [3.8, 4) is 0 Å². The van der Waals surface area contributed by atoms with E-state index in [9.17, 15) is 13.2 Å². The first-order valence-electron chi connectivity index (χ1n) is 4.38. The maximum absolute atomic E-state index is 11.6. The zero-order valence-electron chi connectivity index (χ0n) is 9.00. The van der Waals surface area contributed by atoms with Gasteiger partial charge in [0.2, 0.25) is 10.0 Å². The van der Waals surface area contributed by atoms with Gasteiger partial charge < -0.3 is 10.5 Å². The lowest BCUT2D eigenvalue weighted by molar-refractivity contribution is 0.0606. The zero-order chi connectivity index (χ0) is 12.2. The topological polar surface area (TPSA) is 98.5 Å². The second-order valence-electron chi connectivity index (χ2n) is 2.82. The van der Waals surface area contributed by atoms with Crippen LogP contribution in [0.15, 0.2) is 16.3 Å². The minimum absolute atomic E-state index is 0. The molecule has 1 heterocycles. The molecule has 98 valence electrons. The van der Waals surface area contributed by atoms with Crippen molar-refractivity contribution in [3.63, 3.8) is 0 Å². The third kappa shape index (κ3) is 4.25. The number of thiophene rings is 1. The molecule has 0 aromatic carbocycles. The molecule has 1 rings (SSSR count). The lowest BCUT2D eigenvalue weighted by atomic mass is 10.5. The summed E-state index contributed by atoms with van der Waals surface area (Å²) in [6, 6.07) is 1.27. The minimum atomic E-state index is -3.57. The number of hydrogen-bond donors (Lipinski definition) is 2. The molecule has 0 atom stereocenters. The fourth-order valence-electron chi connectivity index (χ4n) is 0.944. The van der Waals surface area contributed by atoms with Crippen LogP contribution in [0, 0.1) is 0 Å². The van der Waals surface area contributed by atoms with Crippen LogP contribution < -0.4 is 10.5 Å². The minimum Gasteiger partial charge on any atom is -0.465 e. The number of carbonyl (C=O) groups excluding carboxylic acids is 1. The van der Waals surface area contributed by atoms with Gasteiger partial charge in [-0.15, -0.1) is 23.7 Å². The summed E-state index contributed by atoms with van der Waals surface area (Å²) in [5.74, 6) is -0.551. The summed E-state index contributed by atoms with van der Waals surface area (Å²) in [5.41, 5.74) is 5.19. The lowest BCUT2D eigenvalue weighted by Crippen LogP contribution is -2.28. The van der Waals surface area contributed by atoms with Crippen molar-refractivity contribution >= 4 is 39.7 Å². The number of nitrogens with two attached hydrogens (primary N) is 1. The Bertz CT molecular complexity index is 472. The van der Waals surface area contributed by atoms with E-state index in [0.717, 1.165) is 11.3 Å². The number of carbonyl (C=O) groups is 1. The molecule has 0 unspecified atom stereocenters. The Kier molecular flexibility index (Phi) is 6.65. The molecule has 1 aromatic rings. The van der Waals surface area contributed by atoms with Crippen molar-refractivity contribution < 1.29 is 17.9 Å². The first kappa shape index (κ1) is 16.3. The van der Waals surface area contributed by atoms with Crippen LogP contribution in [-0.4, -0.2) is 34.6 Å². The number of sulfonamides is 1. The van der Waals surface area contributed by atoms with Crippen molar-refractivity contribution in [2.24, 2.45) is 5.73 Å². The van der Waals surface area contributed by atoms with Crippen molar-refractivity contribution in [2.75, 3.05) is 20.2 Å². The van der Waals surface area contributed by atoms with Gasteiger partial charge in [0.15, 0.2) is 0 Å². The smallest absolute Gasteiger partial charge is 0.348 e. The van der Waals surface area contributed by atoms with Crippen molar-refractivity contribution in [1.29, 1.82) is 0 Å². The molecule has 1 aromatic heterocycles. The Balaban J connectivity index is 0.00000256. The Labute approximate surface area is 110 Å². The fourth-order valence-corrected chi connectivity index (χ4v) is 3.18. The fraction of sp³-hybridized carbons (Fsp3) is 0.375. The normalized spacial score (nSPS) is 10.7. The molecule has 0 spiro atoms. The summed E-state index contributed by atoms with van der Waals surface area (Å²) in [6.45, 7) is 0.374. The van der Waals surface area contributed by atoms with Gasteiger partial charge in [-0.05, 0) is 6.07 Å². The Morgan fingerprint density at radius 3 is 2.76 bits per heavy atom. The maximum atomic E-state index is 11.6. The largest absolute Gasteiger partial charge is 0.465 e. The van der Waals surface area contributed by atoms with Gasteiger partial charge in [0, 0.05) is 18.5 Å². The van der Waals surface area contributed by atoms with Crippen LogP contribution in [0.3, 0.4) is 0 Å². The molecular weight excluding hydrogens is 288 g/mol. The van der Waals surface area contributed by atoms with Crippen LogP contribution in [0.25, 0.3) is 0 Å². The van der Waals surface area contributed by atoms with Crippen LogP contribution in [-0.2, 0) is 14.8 Å². The van der Waals surface area contributed by atoms with Gasteiger partial charge in [-0.2, -0.15) is 0 Å². The van der Waals surface area contributed by atoms with E-state index >= 15 is 0 Å². The molecule has 9 heteroatoms. The predicted molar refractivity (Wildman–Crippen MR) is 67.1 cm³/mol. The van der Waals surface area contributed by atoms with E-state index in [0.29, 0.717) is 0 Å². The van der Waals surface area contributed by atoms with E-state index in [1.807, 2.05) is 0 Å². The summed E-state index contributed by atoms with van der Waals surface area (Å²) < 4.78 is 30.0. The predicted octanol–water partition coefficient (Wildman–Crippen LogP) is 0.194. The maximum Gasteiger partial charge on any atom is 0.348 e. The molecule has 0 aliphatic heterocycles. The average molecular weight is 301 g/mol. The van der Waals surface area contributed by atoms with E-state index in [1.165, 1.54) is 18.6 Å². The molecule has 3 N–H and O–H groups in total. The third-order valence-corrected chi connectivity index (χ3v) is 4.21. The van der Waals surface area contributed by atoms with E-state index in [-0.39, 0.29) is 35.3 Å². The van der Waals surface area contributed by atoms with Gasteiger partial charge in [0.05, 0.1) is 12.0 Å². The number of hydrogen-bond acceptors (Lipinski definition) is 6. The molecule has 0 saturated carbocycles. The molecular formula is C8H13ClN2O4S2. The van der Waals surface area contributed by atoms with Crippen molar-refractivity contribution in [1.82, 2.24) is 4.72 Å². The molecule has 0 radical (unpaired) electrons. The molecule has 0 bridgehead atoms. The van der Waals surface area contributed by atoms with Crippen LogP contribution >= 0.6 is 23.7 Å². The summed E-state index contributed by atoms with van der Waals surface area (Å²) in [6.07, 6.45) is 0. The van der Waals surface area contributed by atoms with Crippen LogP contribution in [0.4, 0.5) is 0 Å². The quantitative estimate of drug-likeness (QED) is 0.757. The molecule has 6 nitrogen and oxygen atoms in total. The number of rotatable bonds is 5. The van der Waals surface area contributed by atoms with Crippen molar-refractivity contribution in [3.05, 3.63) is 16.3 Å².